The molecule has 0 amide bonds. The van der Waals surface area contributed by atoms with Gasteiger partial charge in [0, 0.05) is 18.1 Å². The largest absolute Gasteiger partial charge is 0.478 e. The van der Waals surface area contributed by atoms with Gasteiger partial charge in [-0.15, -0.1) is 0 Å². The Morgan fingerprint density at radius 1 is 1.54 bits per heavy atom. The Morgan fingerprint density at radius 2 is 2.08 bits per heavy atom. The van der Waals surface area contributed by atoms with Crippen LogP contribution < -0.4 is 0 Å². The summed E-state index contributed by atoms with van der Waals surface area (Å²) in [7, 11) is 0. The van der Waals surface area contributed by atoms with Gasteiger partial charge in [0.1, 0.15) is 0 Å². The first kappa shape index (κ1) is 12.1. The van der Waals surface area contributed by atoms with E-state index in [1.807, 2.05) is 6.92 Å². The Bertz CT molecular complexity index is 194. The Balaban J connectivity index is 4.33. The lowest BCUT2D eigenvalue weighted by molar-refractivity contribution is -0.132. The number of carbonyl (C=O) groups is 1. The minimum Gasteiger partial charge on any atom is -0.478 e. The minimum absolute atomic E-state index is 0.0967. The molecule has 4 nitrogen and oxygen atoms in total. The Morgan fingerprint density at radius 3 is 2.38 bits per heavy atom. The molecule has 0 aliphatic rings. The fraction of sp³-hybridized carbons (Fsp3) is 0.667. The van der Waals surface area contributed by atoms with Crippen molar-refractivity contribution in [1.82, 2.24) is 0 Å². The van der Waals surface area contributed by atoms with Crippen LogP contribution in [0.25, 0.3) is 0 Å². The van der Waals surface area contributed by atoms with Crippen LogP contribution in [0.2, 0.25) is 0 Å². The molecule has 0 heterocycles. The van der Waals surface area contributed by atoms with E-state index in [9.17, 15) is 9.90 Å². The van der Waals surface area contributed by atoms with E-state index in [4.69, 9.17) is 10.2 Å². The smallest absolute Gasteiger partial charge is 0.331 e. The number of aliphatic hydroxyl groups excluding tert-OH is 2. The number of aliphatic carboxylic acids is 1. The van der Waals surface area contributed by atoms with E-state index in [0.717, 1.165) is 0 Å². The third-order valence-electron chi connectivity index (χ3n) is 2.00. The Labute approximate surface area is 77.5 Å². The maximum Gasteiger partial charge on any atom is 0.331 e. The van der Waals surface area contributed by atoms with Crippen LogP contribution in [0.15, 0.2) is 11.6 Å². The predicted octanol–water partition coefficient (Wildman–Crippen LogP) is 0.397. The summed E-state index contributed by atoms with van der Waals surface area (Å²) < 4.78 is 0. The zero-order valence-corrected chi connectivity index (χ0v) is 7.90. The molecule has 2 atom stereocenters. The molecule has 0 aliphatic carbocycles. The van der Waals surface area contributed by atoms with Crippen LogP contribution in [0.1, 0.15) is 20.3 Å². The van der Waals surface area contributed by atoms with E-state index < -0.39 is 12.1 Å². The lowest BCUT2D eigenvalue weighted by Crippen LogP contribution is -2.22. The number of rotatable bonds is 5. The molecule has 13 heavy (non-hydrogen) atoms. The minimum atomic E-state index is -1.05. The molecule has 2 unspecified atom stereocenters. The summed E-state index contributed by atoms with van der Waals surface area (Å²) in [6.07, 6.45) is 0.986. The summed E-state index contributed by atoms with van der Waals surface area (Å²) in [5.74, 6) is -1.33. The molecule has 0 saturated heterocycles. The summed E-state index contributed by atoms with van der Waals surface area (Å²) >= 11 is 0. The van der Waals surface area contributed by atoms with E-state index in [0.29, 0.717) is 6.42 Å². The van der Waals surface area contributed by atoms with Crippen LogP contribution in [0.5, 0.6) is 0 Å². The molecule has 0 aromatic rings. The van der Waals surface area contributed by atoms with E-state index in [1.54, 1.807) is 0 Å². The van der Waals surface area contributed by atoms with Crippen molar-refractivity contribution in [3.8, 4) is 0 Å². The van der Waals surface area contributed by atoms with Gasteiger partial charge in [0.05, 0.1) is 6.10 Å². The molecule has 0 rings (SSSR count). The second-order valence-electron chi connectivity index (χ2n) is 3.00. The maximum atomic E-state index is 10.4. The van der Waals surface area contributed by atoms with Crippen LogP contribution in [0.3, 0.4) is 0 Å². The quantitative estimate of drug-likeness (QED) is 0.546. The predicted molar refractivity (Wildman–Crippen MR) is 48.3 cm³/mol. The van der Waals surface area contributed by atoms with Crippen LogP contribution >= 0.6 is 0 Å². The van der Waals surface area contributed by atoms with Gasteiger partial charge in [-0.25, -0.2) is 4.79 Å². The van der Waals surface area contributed by atoms with Gasteiger partial charge in [0.25, 0.3) is 0 Å². The number of carboxylic acids is 1. The molecular weight excluding hydrogens is 172 g/mol. The van der Waals surface area contributed by atoms with Gasteiger partial charge in [0.2, 0.25) is 0 Å². The lowest BCUT2D eigenvalue weighted by atomic mass is 9.99. The van der Waals surface area contributed by atoms with E-state index in [2.05, 4.69) is 0 Å². The van der Waals surface area contributed by atoms with Crippen molar-refractivity contribution in [1.29, 1.82) is 0 Å². The van der Waals surface area contributed by atoms with Gasteiger partial charge >= 0.3 is 5.97 Å². The lowest BCUT2D eigenvalue weighted by Gasteiger charge is -2.15. The second kappa shape index (κ2) is 5.72. The average Bonchev–Trinajstić information content (AvgIpc) is 2.06. The van der Waals surface area contributed by atoms with Crippen molar-refractivity contribution in [2.24, 2.45) is 5.92 Å². The van der Waals surface area contributed by atoms with Gasteiger partial charge in [-0.3, -0.25) is 0 Å². The van der Waals surface area contributed by atoms with Crippen molar-refractivity contribution in [2.75, 3.05) is 6.61 Å². The summed E-state index contributed by atoms with van der Waals surface area (Å²) in [4.78, 5) is 10.4. The first-order chi connectivity index (χ1) is 6.02. The fourth-order valence-corrected chi connectivity index (χ4v) is 0.942. The zero-order chi connectivity index (χ0) is 10.4. The number of hydrogen-bond acceptors (Lipinski definition) is 3. The third kappa shape index (κ3) is 4.05. The molecular formula is C9H16O4. The van der Waals surface area contributed by atoms with Crippen molar-refractivity contribution in [3.05, 3.63) is 11.6 Å². The molecule has 0 bridgehead atoms. The number of carboxylic acid groups (broad SMARTS) is 1. The third-order valence-corrected chi connectivity index (χ3v) is 2.00. The fourth-order valence-electron chi connectivity index (χ4n) is 0.942. The Hall–Kier alpha value is -0.870. The topological polar surface area (TPSA) is 77.8 Å². The van der Waals surface area contributed by atoms with Gasteiger partial charge in [-0.1, -0.05) is 6.92 Å². The van der Waals surface area contributed by atoms with Gasteiger partial charge in [0.15, 0.2) is 0 Å². The SMILES string of the molecule is CCC(CO)C(O)C=C(C)C(=O)O. The average molecular weight is 188 g/mol. The van der Waals surface area contributed by atoms with Crippen LogP contribution in [-0.2, 0) is 4.79 Å². The normalized spacial score (nSPS) is 16.8. The number of aliphatic hydroxyl groups is 2. The van der Waals surface area contributed by atoms with Crippen molar-refractivity contribution in [3.63, 3.8) is 0 Å². The highest BCUT2D eigenvalue weighted by Crippen LogP contribution is 2.10. The number of hydrogen-bond donors (Lipinski definition) is 3. The van der Waals surface area contributed by atoms with Crippen molar-refractivity contribution >= 4 is 5.97 Å². The van der Waals surface area contributed by atoms with E-state index in [1.165, 1.54) is 13.0 Å². The summed E-state index contributed by atoms with van der Waals surface area (Å²) in [5.41, 5.74) is 0.0967. The van der Waals surface area contributed by atoms with Gasteiger partial charge in [-0.05, 0) is 19.4 Å². The van der Waals surface area contributed by atoms with Crippen molar-refractivity contribution in [2.45, 2.75) is 26.4 Å². The van der Waals surface area contributed by atoms with E-state index >= 15 is 0 Å². The molecule has 76 valence electrons. The van der Waals surface area contributed by atoms with Crippen LogP contribution in [-0.4, -0.2) is 34.0 Å². The maximum absolute atomic E-state index is 10.4. The molecule has 0 radical (unpaired) electrons. The van der Waals surface area contributed by atoms with E-state index in [-0.39, 0.29) is 18.1 Å². The molecule has 3 N–H and O–H groups in total. The molecule has 0 saturated carbocycles. The Kier molecular flexibility index (Phi) is 5.34. The zero-order valence-electron chi connectivity index (χ0n) is 7.90. The molecule has 4 heteroatoms. The van der Waals surface area contributed by atoms with Crippen molar-refractivity contribution < 1.29 is 20.1 Å². The monoisotopic (exact) mass is 188 g/mol. The standard InChI is InChI=1S/C9H16O4/c1-3-7(5-10)8(11)4-6(2)9(12)13/h4,7-8,10-11H,3,5H2,1-2H3,(H,12,13). The first-order valence-electron chi connectivity index (χ1n) is 4.23. The molecule has 0 aliphatic heterocycles. The highest BCUT2D eigenvalue weighted by molar-refractivity contribution is 5.85. The summed E-state index contributed by atoms with van der Waals surface area (Å²) in [5, 5.41) is 26.8. The highest BCUT2D eigenvalue weighted by Gasteiger charge is 2.15. The highest BCUT2D eigenvalue weighted by atomic mass is 16.4. The van der Waals surface area contributed by atoms with Crippen LogP contribution in [0, 0.1) is 5.92 Å². The molecule has 0 aromatic heterocycles. The first-order valence-corrected chi connectivity index (χ1v) is 4.23. The molecule has 0 spiro atoms. The molecule has 0 fully saturated rings. The summed E-state index contributed by atoms with van der Waals surface area (Å²) in [6, 6.07) is 0. The van der Waals surface area contributed by atoms with Gasteiger partial charge < -0.3 is 15.3 Å². The van der Waals surface area contributed by atoms with Crippen LogP contribution in [0.4, 0.5) is 0 Å². The summed E-state index contributed by atoms with van der Waals surface area (Å²) in [6.45, 7) is 3.10. The second-order valence-corrected chi connectivity index (χ2v) is 3.00. The van der Waals surface area contributed by atoms with Gasteiger partial charge in [-0.2, -0.15) is 0 Å². The molecule has 0 aromatic carbocycles.